The van der Waals surface area contributed by atoms with Gasteiger partial charge in [0.15, 0.2) is 0 Å². The molecule has 1 amide bonds. The molecule has 0 aromatic heterocycles. The summed E-state index contributed by atoms with van der Waals surface area (Å²) in [6, 6.07) is 0. The number of nitrogens with two attached hydrogens (primary N) is 1. The second-order valence-corrected chi connectivity index (χ2v) is 5.78. The first-order valence-electron chi connectivity index (χ1n) is 6.62. The van der Waals surface area contributed by atoms with Crippen LogP contribution >= 0.6 is 0 Å². The van der Waals surface area contributed by atoms with Crippen molar-refractivity contribution < 1.29 is 9.53 Å². The fraction of sp³-hybridized carbons (Fsp3) is 0.923. The molecule has 4 heteroatoms. The predicted octanol–water partition coefficient (Wildman–Crippen LogP) is 2.28. The summed E-state index contributed by atoms with van der Waals surface area (Å²) in [5, 5.41) is 2.97. The normalized spacial score (nSPS) is 29.1. The van der Waals surface area contributed by atoms with Gasteiger partial charge in [-0.25, -0.2) is 4.79 Å². The van der Waals surface area contributed by atoms with Crippen molar-refractivity contribution in [3.63, 3.8) is 0 Å². The second-order valence-electron chi connectivity index (χ2n) is 5.78. The van der Waals surface area contributed by atoms with E-state index in [4.69, 9.17) is 10.5 Å². The van der Waals surface area contributed by atoms with Gasteiger partial charge in [-0.15, -0.1) is 0 Å². The van der Waals surface area contributed by atoms with Crippen LogP contribution < -0.4 is 11.1 Å². The smallest absolute Gasteiger partial charge is 0.407 e. The van der Waals surface area contributed by atoms with E-state index in [2.05, 4.69) is 12.2 Å². The van der Waals surface area contributed by atoms with Crippen molar-refractivity contribution in [3.8, 4) is 0 Å². The van der Waals surface area contributed by atoms with Crippen molar-refractivity contribution in [1.82, 2.24) is 5.32 Å². The molecule has 0 aromatic rings. The molecule has 1 saturated carbocycles. The lowest BCUT2D eigenvalue weighted by Crippen LogP contribution is -2.55. The standard InChI is InChI=1S/C13H26N2O2/c1-10(2)8-17-12(16)15-13(9-14)6-4-11(3)5-7-13/h10-11H,4-9,14H2,1-3H3,(H,15,16). The van der Waals surface area contributed by atoms with Crippen molar-refractivity contribution in [2.45, 2.75) is 52.0 Å². The van der Waals surface area contributed by atoms with E-state index in [0.717, 1.165) is 31.6 Å². The Morgan fingerprint density at radius 1 is 1.47 bits per heavy atom. The van der Waals surface area contributed by atoms with Crippen molar-refractivity contribution >= 4 is 6.09 Å². The molecule has 3 N–H and O–H groups in total. The molecule has 1 aliphatic rings. The van der Waals surface area contributed by atoms with Gasteiger partial charge in [-0.3, -0.25) is 0 Å². The highest BCUT2D eigenvalue weighted by Crippen LogP contribution is 2.31. The van der Waals surface area contributed by atoms with Crippen LogP contribution in [0.3, 0.4) is 0 Å². The molecule has 0 bridgehead atoms. The Bertz CT molecular complexity index is 246. The Hall–Kier alpha value is -0.770. The number of carbonyl (C=O) groups is 1. The number of alkyl carbamates (subject to hydrolysis) is 1. The second kappa shape index (κ2) is 6.24. The third-order valence-corrected chi connectivity index (χ3v) is 3.54. The minimum Gasteiger partial charge on any atom is -0.449 e. The summed E-state index contributed by atoms with van der Waals surface area (Å²) >= 11 is 0. The molecule has 100 valence electrons. The molecule has 0 saturated heterocycles. The van der Waals surface area contributed by atoms with Crippen LogP contribution in [0.4, 0.5) is 4.79 Å². The van der Waals surface area contributed by atoms with Gasteiger partial charge in [0.1, 0.15) is 0 Å². The van der Waals surface area contributed by atoms with Gasteiger partial charge in [0, 0.05) is 6.54 Å². The van der Waals surface area contributed by atoms with E-state index in [0.29, 0.717) is 19.1 Å². The zero-order chi connectivity index (χ0) is 12.9. The molecule has 17 heavy (non-hydrogen) atoms. The molecule has 1 rings (SSSR count). The maximum absolute atomic E-state index is 11.7. The minimum absolute atomic E-state index is 0.236. The van der Waals surface area contributed by atoms with Gasteiger partial charge in [0.2, 0.25) is 0 Å². The fourth-order valence-electron chi connectivity index (χ4n) is 2.19. The SMILES string of the molecule is CC(C)COC(=O)NC1(CN)CCC(C)CC1. The van der Waals surface area contributed by atoms with E-state index >= 15 is 0 Å². The molecular weight excluding hydrogens is 216 g/mol. The van der Waals surface area contributed by atoms with E-state index in [1.54, 1.807) is 0 Å². The molecule has 4 nitrogen and oxygen atoms in total. The van der Waals surface area contributed by atoms with Crippen LogP contribution in [0.1, 0.15) is 46.5 Å². The summed E-state index contributed by atoms with van der Waals surface area (Å²) in [5.41, 5.74) is 5.58. The van der Waals surface area contributed by atoms with Gasteiger partial charge < -0.3 is 15.8 Å². The first-order valence-corrected chi connectivity index (χ1v) is 6.62. The average molecular weight is 242 g/mol. The highest BCUT2D eigenvalue weighted by Gasteiger charge is 2.34. The highest BCUT2D eigenvalue weighted by molar-refractivity contribution is 5.68. The fourth-order valence-corrected chi connectivity index (χ4v) is 2.19. The van der Waals surface area contributed by atoms with Crippen molar-refractivity contribution in [1.29, 1.82) is 0 Å². The monoisotopic (exact) mass is 242 g/mol. The molecule has 0 atom stereocenters. The quantitative estimate of drug-likeness (QED) is 0.795. The molecule has 1 fully saturated rings. The van der Waals surface area contributed by atoms with E-state index in [-0.39, 0.29) is 11.6 Å². The van der Waals surface area contributed by atoms with E-state index in [1.165, 1.54) is 0 Å². The molecule has 0 unspecified atom stereocenters. The summed E-state index contributed by atoms with van der Waals surface area (Å²) in [6.45, 7) is 7.25. The summed E-state index contributed by atoms with van der Waals surface area (Å²) in [5.74, 6) is 1.10. The van der Waals surface area contributed by atoms with Crippen molar-refractivity contribution in [2.24, 2.45) is 17.6 Å². The zero-order valence-corrected chi connectivity index (χ0v) is 11.3. The van der Waals surface area contributed by atoms with Crippen LogP contribution in [0.25, 0.3) is 0 Å². The molecule has 0 radical (unpaired) electrons. The number of hydrogen-bond acceptors (Lipinski definition) is 3. The summed E-state index contributed by atoms with van der Waals surface area (Å²) in [6.07, 6.45) is 3.85. The molecule has 0 heterocycles. The van der Waals surface area contributed by atoms with Gasteiger partial charge in [-0.1, -0.05) is 20.8 Å². The highest BCUT2D eigenvalue weighted by atomic mass is 16.5. The Balaban J connectivity index is 2.43. The predicted molar refractivity (Wildman–Crippen MR) is 68.7 cm³/mol. The third-order valence-electron chi connectivity index (χ3n) is 3.54. The average Bonchev–Trinajstić information content (AvgIpc) is 2.30. The molecular formula is C13H26N2O2. The van der Waals surface area contributed by atoms with Crippen LogP contribution in [0.5, 0.6) is 0 Å². The van der Waals surface area contributed by atoms with Gasteiger partial charge in [-0.2, -0.15) is 0 Å². The van der Waals surface area contributed by atoms with Crippen LogP contribution in [-0.4, -0.2) is 24.8 Å². The maximum Gasteiger partial charge on any atom is 0.407 e. The van der Waals surface area contributed by atoms with Gasteiger partial charge in [0.25, 0.3) is 0 Å². The van der Waals surface area contributed by atoms with Crippen LogP contribution in [0, 0.1) is 11.8 Å². The van der Waals surface area contributed by atoms with Gasteiger partial charge >= 0.3 is 6.09 Å². The van der Waals surface area contributed by atoms with Gasteiger partial charge in [0.05, 0.1) is 12.1 Å². The first kappa shape index (κ1) is 14.3. The lowest BCUT2D eigenvalue weighted by Gasteiger charge is -2.38. The lowest BCUT2D eigenvalue weighted by atomic mass is 9.77. The zero-order valence-electron chi connectivity index (χ0n) is 11.3. The van der Waals surface area contributed by atoms with Gasteiger partial charge in [-0.05, 0) is 37.5 Å². The van der Waals surface area contributed by atoms with Crippen LogP contribution in [0.15, 0.2) is 0 Å². The number of nitrogens with one attached hydrogen (secondary N) is 1. The third kappa shape index (κ3) is 4.54. The molecule has 0 aromatic carbocycles. The topological polar surface area (TPSA) is 64.3 Å². The molecule has 0 aliphatic heterocycles. The number of rotatable bonds is 4. The van der Waals surface area contributed by atoms with Crippen molar-refractivity contribution in [2.75, 3.05) is 13.2 Å². The largest absolute Gasteiger partial charge is 0.449 e. The van der Waals surface area contributed by atoms with Crippen molar-refractivity contribution in [3.05, 3.63) is 0 Å². The Labute approximate surface area is 104 Å². The van der Waals surface area contributed by atoms with E-state index in [1.807, 2.05) is 13.8 Å². The minimum atomic E-state index is -0.321. The Morgan fingerprint density at radius 3 is 2.53 bits per heavy atom. The number of amides is 1. The maximum atomic E-state index is 11.7. The Morgan fingerprint density at radius 2 is 2.06 bits per heavy atom. The first-order chi connectivity index (χ1) is 7.97. The van der Waals surface area contributed by atoms with Crippen LogP contribution in [0.2, 0.25) is 0 Å². The van der Waals surface area contributed by atoms with Crippen LogP contribution in [-0.2, 0) is 4.74 Å². The number of carbonyl (C=O) groups excluding carboxylic acids is 1. The number of hydrogen-bond donors (Lipinski definition) is 2. The Kier molecular flexibility index (Phi) is 5.25. The summed E-state index contributed by atoms with van der Waals surface area (Å²) in [4.78, 5) is 11.7. The van der Waals surface area contributed by atoms with E-state index < -0.39 is 0 Å². The lowest BCUT2D eigenvalue weighted by molar-refractivity contribution is 0.110. The summed E-state index contributed by atoms with van der Waals surface area (Å²) < 4.78 is 5.15. The molecule has 1 aliphatic carbocycles. The molecule has 0 spiro atoms. The summed E-state index contributed by atoms with van der Waals surface area (Å²) in [7, 11) is 0. The van der Waals surface area contributed by atoms with E-state index in [9.17, 15) is 4.79 Å². The number of ether oxygens (including phenoxy) is 1.